The third-order valence-electron chi connectivity index (χ3n) is 11.2. The molecule has 0 bridgehead atoms. The molecule has 6 nitrogen and oxygen atoms in total. The Morgan fingerprint density at radius 3 is 0.897 bits per heavy atom. The number of hydrogen-bond acceptors (Lipinski definition) is 6. The lowest BCUT2D eigenvalue weighted by Crippen LogP contribution is -2.30. The van der Waals surface area contributed by atoms with Gasteiger partial charge in [0.1, 0.15) is 13.2 Å². The zero-order chi connectivity index (χ0) is 42.3. The van der Waals surface area contributed by atoms with E-state index in [2.05, 4.69) is 45.1 Å². The van der Waals surface area contributed by atoms with Crippen LogP contribution in [0.3, 0.4) is 0 Å². The van der Waals surface area contributed by atoms with E-state index in [4.69, 9.17) is 14.2 Å². The van der Waals surface area contributed by atoms with E-state index in [1.54, 1.807) is 0 Å². The normalized spacial score (nSPS) is 12.1. The first-order valence-electron chi connectivity index (χ1n) is 25.3. The summed E-state index contributed by atoms with van der Waals surface area (Å²) < 4.78 is 16.8. The van der Waals surface area contributed by atoms with Gasteiger partial charge < -0.3 is 14.2 Å². The average Bonchev–Trinajstić information content (AvgIpc) is 3.22. The predicted molar refractivity (Wildman–Crippen MR) is 247 cm³/mol. The third-order valence-corrected chi connectivity index (χ3v) is 11.2. The molecule has 0 rings (SSSR count). The minimum atomic E-state index is -0.771. The molecule has 1 unspecified atom stereocenters. The van der Waals surface area contributed by atoms with Crippen molar-refractivity contribution in [3.05, 3.63) is 24.3 Å². The first-order chi connectivity index (χ1) is 28.5. The SMILES string of the molecule is CCCCC/C=C\CCCCCCCC(=O)OC(COC(=O)CCCCCCCCC/C=C\CCCCCCCC)COC(=O)CCCCCCCCCCCCC. The Labute approximate surface area is 360 Å². The van der Waals surface area contributed by atoms with Gasteiger partial charge in [-0.05, 0) is 70.6 Å². The molecule has 0 aliphatic heterocycles. The second-order valence-electron chi connectivity index (χ2n) is 17.1. The Balaban J connectivity index is 4.32. The first-order valence-corrected chi connectivity index (χ1v) is 25.3. The molecule has 0 aromatic heterocycles. The number of carbonyl (C=O) groups is 3. The summed E-state index contributed by atoms with van der Waals surface area (Å²) >= 11 is 0. The van der Waals surface area contributed by atoms with E-state index < -0.39 is 6.10 Å². The van der Waals surface area contributed by atoms with Crippen LogP contribution >= 0.6 is 0 Å². The third kappa shape index (κ3) is 45.0. The topological polar surface area (TPSA) is 78.9 Å². The minimum absolute atomic E-state index is 0.0727. The van der Waals surface area contributed by atoms with E-state index in [0.29, 0.717) is 19.3 Å². The van der Waals surface area contributed by atoms with Crippen molar-refractivity contribution in [2.75, 3.05) is 13.2 Å². The molecule has 0 aromatic rings. The van der Waals surface area contributed by atoms with E-state index in [1.165, 1.54) is 167 Å². The van der Waals surface area contributed by atoms with Crippen molar-refractivity contribution in [2.45, 2.75) is 277 Å². The maximum atomic E-state index is 12.7. The summed E-state index contributed by atoms with van der Waals surface area (Å²) in [6, 6.07) is 0. The van der Waals surface area contributed by atoms with Gasteiger partial charge in [-0.2, -0.15) is 0 Å². The fourth-order valence-electron chi connectivity index (χ4n) is 7.31. The summed E-state index contributed by atoms with van der Waals surface area (Å²) in [5.74, 6) is -0.877. The second-order valence-corrected chi connectivity index (χ2v) is 17.1. The van der Waals surface area contributed by atoms with Gasteiger partial charge in [-0.25, -0.2) is 0 Å². The number of rotatable bonds is 46. The highest BCUT2D eigenvalue weighted by molar-refractivity contribution is 5.71. The molecule has 0 amide bonds. The fraction of sp³-hybridized carbons (Fsp3) is 0.865. The molecule has 58 heavy (non-hydrogen) atoms. The van der Waals surface area contributed by atoms with E-state index in [0.717, 1.165) is 64.2 Å². The Hall–Kier alpha value is -2.11. The van der Waals surface area contributed by atoms with Crippen LogP contribution in [-0.2, 0) is 28.6 Å². The molecule has 0 spiro atoms. The molecule has 1 atom stereocenters. The van der Waals surface area contributed by atoms with Crippen molar-refractivity contribution in [3.63, 3.8) is 0 Å². The molecular weight excluding hydrogens is 721 g/mol. The molecule has 0 aliphatic rings. The molecular formula is C52H96O6. The Bertz CT molecular complexity index is 942. The monoisotopic (exact) mass is 817 g/mol. The zero-order valence-corrected chi connectivity index (χ0v) is 38.8. The van der Waals surface area contributed by atoms with Crippen molar-refractivity contribution in [2.24, 2.45) is 0 Å². The second kappa shape index (κ2) is 47.6. The fourth-order valence-corrected chi connectivity index (χ4v) is 7.31. The van der Waals surface area contributed by atoms with Crippen molar-refractivity contribution < 1.29 is 28.6 Å². The van der Waals surface area contributed by atoms with E-state index in [9.17, 15) is 14.4 Å². The molecule has 0 aliphatic carbocycles. The quantitative estimate of drug-likeness (QED) is 0.0263. The summed E-state index contributed by atoms with van der Waals surface area (Å²) in [5, 5.41) is 0. The van der Waals surface area contributed by atoms with Crippen LogP contribution in [0.1, 0.15) is 271 Å². The molecule has 0 saturated heterocycles. The number of carbonyl (C=O) groups excluding carboxylic acids is 3. The van der Waals surface area contributed by atoms with Crippen molar-refractivity contribution in [1.82, 2.24) is 0 Å². The molecule has 340 valence electrons. The molecule has 0 heterocycles. The number of esters is 3. The Morgan fingerprint density at radius 1 is 0.328 bits per heavy atom. The van der Waals surface area contributed by atoms with Gasteiger partial charge in [0.25, 0.3) is 0 Å². The van der Waals surface area contributed by atoms with Crippen LogP contribution < -0.4 is 0 Å². The Morgan fingerprint density at radius 2 is 0.569 bits per heavy atom. The van der Waals surface area contributed by atoms with Gasteiger partial charge in [0, 0.05) is 19.3 Å². The van der Waals surface area contributed by atoms with E-state index in [1.807, 2.05) is 0 Å². The summed E-state index contributed by atoms with van der Waals surface area (Å²) in [6.07, 6.45) is 53.0. The van der Waals surface area contributed by atoms with E-state index in [-0.39, 0.29) is 31.1 Å². The van der Waals surface area contributed by atoms with Gasteiger partial charge in [-0.1, -0.05) is 206 Å². The molecule has 0 saturated carbocycles. The predicted octanol–water partition coefficient (Wildman–Crippen LogP) is 16.4. The van der Waals surface area contributed by atoms with Gasteiger partial charge >= 0.3 is 17.9 Å². The smallest absolute Gasteiger partial charge is 0.306 e. The van der Waals surface area contributed by atoms with Crippen LogP contribution in [0.4, 0.5) is 0 Å². The van der Waals surface area contributed by atoms with Crippen LogP contribution in [0.2, 0.25) is 0 Å². The van der Waals surface area contributed by atoms with Crippen LogP contribution in [0.5, 0.6) is 0 Å². The molecule has 0 aromatic carbocycles. The van der Waals surface area contributed by atoms with Crippen LogP contribution in [0.25, 0.3) is 0 Å². The summed E-state index contributed by atoms with van der Waals surface area (Å²) in [6.45, 7) is 6.61. The number of unbranched alkanes of at least 4 members (excludes halogenated alkanes) is 31. The lowest BCUT2D eigenvalue weighted by atomic mass is 10.1. The number of allylic oxidation sites excluding steroid dienone is 4. The van der Waals surface area contributed by atoms with Gasteiger partial charge in [0.15, 0.2) is 6.10 Å². The highest BCUT2D eigenvalue weighted by atomic mass is 16.6. The van der Waals surface area contributed by atoms with Gasteiger partial charge in [0.05, 0.1) is 0 Å². The van der Waals surface area contributed by atoms with Gasteiger partial charge in [-0.3, -0.25) is 14.4 Å². The summed E-state index contributed by atoms with van der Waals surface area (Å²) in [4.78, 5) is 37.9. The Kier molecular flexibility index (Phi) is 45.8. The maximum Gasteiger partial charge on any atom is 0.306 e. The maximum absolute atomic E-state index is 12.7. The first kappa shape index (κ1) is 55.9. The molecule has 0 fully saturated rings. The zero-order valence-electron chi connectivity index (χ0n) is 38.8. The van der Waals surface area contributed by atoms with Crippen molar-refractivity contribution in [3.8, 4) is 0 Å². The highest BCUT2D eigenvalue weighted by Crippen LogP contribution is 2.15. The van der Waals surface area contributed by atoms with Crippen molar-refractivity contribution >= 4 is 17.9 Å². The average molecular weight is 817 g/mol. The molecule has 0 N–H and O–H groups in total. The lowest BCUT2D eigenvalue weighted by Gasteiger charge is -2.18. The van der Waals surface area contributed by atoms with E-state index >= 15 is 0 Å². The number of ether oxygens (including phenoxy) is 3. The van der Waals surface area contributed by atoms with Crippen LogP contribution in [0.15, 0.2) is 24.3 Å². The van der Waals surface area contributed by atoms with Crippen LogP contribution in [0, 0.1) is 0 Å². The summed E-state index contributed by atoms with van der Waals surface area (Å²) in [5.41, 5.74) is 0. The van der Waals surface area contributed by atoms with Gasteiger partial charge in [0.2, 0.25) is 0 Å². The van der Waals surface area contributed by atoms with Crippen molar-refractivity contribution in [1.29, 1.82) is 0 Å². The van der Waals surface area contributed by atoms with Gasteiger partial charge in [-0.15, -0.1) is 0 Å². The lowest BCUT2D eigenvalue weighted by molar-refractivity contribution is -0.167. The number of hydrogen-bond donors (Lipinski definition) is 0. The van der Waals surface area contributed by atoms with Crippen LogP contribution in [-0.4, -0.2) is 37.2 Å². The highest BCUT2D eigenvalue weighted by Gasteiger charge is 2.19. The molecule has 0 radical (unpaired) electrons. The summed E-state index contributed by atoms with van der Waals surface area (Å²) in [7, 11) is 0. The molecule has 6 heteroatoms. The standard InChI is InChI=1S/C52H96O6/c1-4-7-10-13-16-19-22-24-25-26-27-28-31-33-36-39-42-45-51(54)57-48-49(47-56-50(53)44-41-38-35-32-29-21-18-15-12-9-6-3)58-52(55)46-43-40-37-34-30-23-20-17-14-11-8-5-2/h17,20,24-25,49H,4-16,18-19,21-23,26-48H2,1-3H3/b20-17-,25-24-. The minimum Gasteiger partial charge on any atom is -0.462 e. The largest absolute Gasteiger partial charge is 0.462 e.